The Labute approximate surface area is 153 Å². The monoisotopic (exact) mass is 353 g/mol. The Hall–Kier alpha value is -2.82. The standard InChI is InChI=1S/C21H23NO4/c1-15(16-5-3-2-4-6-16)26-19-9-7-17(8-10-19)20(23)22-13-11-18(12-14-22)21(24)25/h2-10,15,18H,11-14H2,1H3,(H,24,25). The third-order valence-corrected chi connectivity index (χ3v) is 4.81. The second-order valence-corrected chi connectivity index (χ2v) is 6.60. The van der Waals surface area contributed by atoms with Gasteiger partial charge in [-0.3, -0.25) is 9.59 Å². The number of carboxylic acids is 1. The Morgan fingerprint density at radius 1 is 1.04 bits per heavy atom. The van der Waals surface area contributed by atoms with E-state index in [1.54, 1.807) is 29.2 Å². The van der Waals surface area contributed by atoms with Gasteiger partial charge in [0.25, 0.3) is 5.91 Å². The van der Waals surface area contributed by atoms with E-state index >= 15 is 0 Å². The fraction of sp³-hybridized carbons (Fsp3) is 0.333. The molecule has 1 saturated heterocycles. The lowest BCUT2D eigenvalue weighted by molar-refractivity contribution is -0.143. The number of amides is 1. The number of carbonyl (C=O) groups is 2. The van der Waals surface area contributed by atoms with Gasteiger partial charge in [0.15, 0.2) is 0 Å². The van der Waals surface area contributed by atoms with Crippen LogP contribution in [0.3, 0.4) is 0 Å². The molecule has 1 unspecified atom stereocenters. The number of carboxylic acid groups (broad SMARTS) is 1. The SMILES string of the molecule is CC(Oc1ccc(C(=O)N2CCC(C(=O)O)CC2)cc1)c1ccccc1. The molecule has 0 bridgehead atoms. The van der Waals surface area contributed by atoms with Crippen LogP contribution in [0.5, 0.6) is 5.75 Å². The number of rotatable bonds is 5. The third kappa shape index (κ3) is 4.23. The average molecular weight is 353 g/mol. The molecular formula is C21H23NO4. The first-order valence-electron chi connectivity index (χ1n) is 8.88. The molecule has 3 rings (SSSR count). The van der Waals surface area contributed by atoms with Crippen molar-refractivity contribution < 1.29 is 19.4 Å². The molecule has 0 aromatic heterocycles. The van der Waals surface area contributed by atoms with Crippen molar-refractivity contribution in [3.8, 4) is 5.75 Å². The van der Waals surface area contributed by atoms with E-state index < -0.39 is 5.97 Å². The summed E-state index contributed by atoms with van der Waals surface area (Å²) in [5, 5.41) is 9.05. The molecule has 5 nitrogen and oxygen atoms in total. The van der Waals surface area contributed by atoms with Crippen LogP contribution in [-0.4, -0.2) is 35.0 Å². The maximum Gasteiger partial charge on any atom is 0.306 e. The van der Waals surface area contributed by atoms with Gasteiger partial charge in [0.05, 0.1) is 5.92 Å². The van der Waals surface area contributed by atoms with Crippen molar-refractivity contribution in [2.24, 2.45) is 5.92 Å². The molecule has 1 heterocycles. The third-order valence-electron chi connectivity index (χ3n) is 4.81. The molecule has 26 heavy (non-hydrogen) atoms. The number of piperidine rings is 1. The number of aliphatic carboxylic acids is 1. The molecule has 0 saturated carbocycles. The van der Waals surface area contributed by atoms with Crippen LogP contribution in [0.25, 0.3) is 0 Å². The Balaban J connectivity index is 1.59. The van der Waals surface area contributed by atoms with E-state index in [1.165, 1.54) is 0 Å². The van der Waals surface area contributed by atoms with Crippen molar-refractivity contribution in [2.75, 3.05) is 13.1 Å². The van der Waals surface area contributed by atoms with Crippen LogP contribution in [0.1, 0.15) is 41.8 Å². The van der Waals surface area contributed by atoms with E-state index in [4.69, 9.17) is 9.84 Å². The zero-order valence-electron chi connectivity index (χ0n) is 14.8. The van der Waals surface area contributed by atoms with E-state index in [0.717, 1.165) is 5.56 Å². The highest BCUT2D eigenvalue weighted by molar-refractivity contribution is 5.94. The summed E-state index contributed by atoms with van der Waals surface area (Å²) < 4.78 is 5.93. The van der Waals surface area contributed by atoms with E-state index in [1.807, 2.05) is 37.3 Å². The van der Waals surface area contributed by atoms with Crippen LogP contribution in [0.4, 0.5) is 0 Å². The molecular weight excluding hydrogens is 330 g/mol. The lowest BCUT2D eigenvalue weighted by Gasteiger charge is -2.30. The maximum atomic E-state index is 12.6. The quantitative estimate of drug-likeness (QED) is 0.889. The molecule has 5 heteroatoms. The van der Waals surface area contributed by atoms with Crippen LogP contribution in [-0.2, 0) is 4.79 Å². The molecule has 1 fully saturated rings. The summed E-state index contributed by atoms with van der Waals surface area (Å²) in [7, 11) is 0. The summed E-state index contributed by atoms with van der Waals surface area (Å²) in [5.74, 6) is -0.459. The number of carbonyl (C=O) groups excluding carboxylic acids is 1. The fourth-order valence-corrected chi connectivity index (χ4v) is 3.18. The Morgan fingerprint density at radius 2 is 1.65 bits per heavy atom. The van der Waals surface area contributed by atoms with Crippen molar-refractivity contribution in [1.82, 2.24) is 4.90 Å². The van der Waals surface area contributed by atoms with E-state index in [2.05, 4.69) is 0 Å². The largest absolute Gasteiger partial charge is 0.486 e. The highest BCUT2D eigenvalue weighted by Gasteiger charge is 2.27. The van der Waals surface area contributed by atoms with Gasteiger partial charge in [0.1, 0.15) is 11.9 Å². The normalized spacial score (nSPS) is 16.1. The summed E-state index contributed by atoms with van der Waals surface area (Å²) in [6, 6.07) is 17.1. The molecule has 0 radical (unpaired) electrons. The summed E-state index contributed by atoms with van der Waals surface area (Å²) in [6.07, 6.45) is 0.945. The molecule has 0 spiro atoms. The van der Waals surface area contributed by atoms with Crippen LogP contribution in [0.15, 0.2) is 54.6 Å². The van der Waals surface area contributed by atoms with Crippen molar-refractivity contribution in [3.05, 3.63) is 65.7 Å². The van der Waals surface area contributed by atoms with Crippen molar-refractivity contribution in [2.45, 2.75) is 25.9 Å². The van der Waals surface area contributed by atoms with Crippen LogP contribution in [0.2, 0.25) is 0 Å². The van der Waals surface area contributed by atoms with Gasteiger partial charge in [-0.15, -0.1) is 0 Å². The van der Waals surface area contributed by atoms with Crippen molar-refractivity contribution in [1.29, 1.82) is 0 Å². The molecule has 136 valence electrons. The van der Waals surface area contributed by atoms with E-state index in [9.17, 15) is 9.59 Å². The number of hydrogen-bond acceptors (Lipinski definition) is 3. The summed E-state index contributed by atoms with van der Waals surface area (Å²) in [6.45, 7) is 2.96. The second-order valence-electron chi connectivity index (χ2n) is 6.60. The van der Waals surface area contributed by atoms with Crippen molar-refractivity contribution in [3.63, 3.8) is 0 Å². The average Bonchev–Trinajstić information content (AvgIpc) is 2.69. The van der Waals surface area contributed by atoms with Gasteiger partial charge in [-0.2, -0.15) is 0 Å². The van der Waals surface area contributed by atoms with Gasteiger partial charge in [0, 0.05) is 18.7 Å². The second kappa shape index (κ2) is 8.04. The van der Waals surface area contributed by atoms with Gasteiger partial charge in [0.2, 0.25) is 0 Å². The van der Waals surface area contributed by atoms with Gasteiger partial charge in [-0.1, -0.05) is 30.3 Å². The highest BCUT2D eigenvalue weighted by atomic mass is 16.5. The van der Waals surface area contributed by atoms with Crippen LogP contribution >= 0.6 is 0 Å². The number of likely N-dealkylation sites (tertiary alicyclic amines) is 1. The smallest absolute Gasteiger partial charge is 0.306 e. The first-order valence-corrected chi connectivity index (χ1v) is 8.88. The molecule has 2 aromatic rings. The first-order chi connectivity index (χ1) is 12.5. The molecule has 1 amide bonds. The van der Waals surface area contributed by atoms with Gasteiger partial charge >= 0.3 is 5.97 Å². The van der Waals surface area contributed by atoms with Gasteiger partial charge in [-0.25, -0.2) is 0 Å². The minimum Gasteiger partial charge on any atom is -0.486 e. The molecule has 1 atom stereocenters. The number of nitrogens with zero attached hydrogens (tertiary/aromatic N) is 1. The number of ether oxygens (including phenoxy) is 1. The molecule has 1 aliphatic heterocycles. The topological polar surface area (TPSA) is 66.8 Å². The van der Waals surface area contributed by atoms with Crippen LogP contribution < -0.4 is 4.74 Å². The fourth-order valence-electron chi connectivity index (χ4n) is 3.18. The number of benzene rings is 2. The minimum absolute atomic E-state index is 0.0588. The molecule has 1 N–H and O–H groups in total. The predicted molar refractivity (Wildman–Crippen MR) is 98.2 cm³/mol. The van der Waals surface area contributed by atoms with E-state index in [-0.39, 0.29) is 17.9 Å². The minimum atomic E-state index is -0.772. The molecule has 2 aromatic carbocycles. The first kappa shape index (κ1) is 18.0. The Bertz CT molecular complexity index is 749. The zero-order valence-corrected chi connectivity index (χ0v) is 14.8. The lowest BCUT2D eigenvalue weighted by Crippen LogP contribution is -2.40. The highest BCUT2D eigenvalue weighted by Crippen LogP contribution is 2.23. The zero-order chi connectivity index (χ0) is 18.5. The lowest BCUT2D eigenvalue weighted by atomic mass is 9.96. The molecule has 0 aliphatic carbocycles. The summed E-state index contributed by atoms with van der Waals surface area (Å²) in [4.78, 5) is 25.3. The molecule has 1 aliphatic rings. The predicted octanol–water partition coefficient (Wildman–Crippen LogP) is 3.76. The maximum absolute atomic E-state index is 12.6. The summed E-state index contributed by atoms with van der Waals surface area (Å²) >= 11 is 0. The Kier molecular flexibility index (Phi) is 5.56. The summed E-state index contributed by atoms with van der Waals surface area (Å²) in [5.41, 5.74) is 1.69. The van der Waals surface area contributed by atoms with E-state index in [0.29, 0.717) is 37.2 Å². The number of hydrogen-bond donors (Lipinski definition) is 1. The van der Waals surface area contributed by atoms with Gasteiger partial charge < -0.3 is 14.7 Å². The Morgan fingerprint density at radius 3 is 2.23 bits per heavy atom. The van der Waals surface area contributed by atoms with Crippen LogP contribution in [0, 0.1) is 5.92 Å². The van der Waals surface area contributed by atoms with Crippen molar-refractivity contribution >= 4 is 11.9 Å². The van der Waals surface area contributed by atoms with Gasteiger partial charge in [-0.05, 0) is 49.6 Å².